The van der Waals surface area contributed by atoms with Gasteiger partial charge in [0.05, 0.1) is 11.0 Å². The molecule has 2 amide bonds. The van der Waals surface area contributed by atoms with Gasteiger partial charge in [-0.25, -0.2) is 20.0 Å². The lowest BCUT2D eigenvalue weighted by atomic mass is 10.2. The summed E-state index contributed by atoms with van der Waals surface area (Å²) in [6.45, 7) is 8.44. The van der Waals surface area contributed by atoms with Crippen molar-refractivity contribution in [3.8, 4) is 5.75 Å². The van der Waals surface area contributed by atoms with Gasteiger partial charge in [-0.05, 0) is 46.8 Å². The van der Waals surface area contributed by atoms with Gasteiger partial charge in [0.15, 0.2) is 0 Å². The maximum Gasteiger partial charge on any atom is 0.434 e. The fourth-order valence-corrected chi connectivity index (χ4v) is 1.57. The summed E-state index contributed by atoms with van der Waals surface area (Å²) < 4.78 is 10.2. The lowest BCUT2D eigenvalue weighted by molar-refractivity contribution is -0.384. The minimum atomic E-state index is -0.843. The Morgan fingerprint density at radius 1 is 1.21 bits per heavy atom. The molecule has 0 unspecified atom stereocenters. The Kier molecular flexibility index (Phi) is 6.10. The van der Waals surface area contributed by atoms with E-state index in [0.29, 0.717) is 0 Å². The Labute approximate surface area is 139 Å². The van der Waals surface area contributed by atoms with Gasteiger partial charge < -0.3 is 9.47 Å². The maximum atomic E-state index is 12.2. The molecule has 0 saturated heterocycles. The molecule has 0 saturated carbocycles. The number of carbonyl (C=O) groups excluding carboxylic acids is 2. The molecule has 0 aliphatic rings. The van der Waals surface area contributed by atoms with Gasteiger partial charge in [0.25, 0.3) is 5.69 Å². The molecule has 1 aromatic carbocycles. The van der Waals surface area contributed by atoms with Crippen LogP contribution in [0.2, 0.25) is 0 Å². The zero-order valence-electron chi connectivity index (χ0n) is 14.2. The zero-order valence-corrected chi connectivity index (χ0v) is 14.2. The molecule has 0 fully saturated rings. The van der Waals surface area contributed by atoms with E-state index in [1.165, 1.54) is 24.3 Å². The van der Waals surface area contributed by atoms with E-state index in [2.05, 4.69) is 5.43 Å². The number of ether oxygens (including phenoxy) is 2. The van der Waals surface area contributed by atoms with Crippen LogP contribution in [0.1, 0.15) is 34.6 Å². The molecule has 9 nitrogen and oxygen atoms in total. The van der Waals surface area contributed by atoms with Crippen LogP contribution in [0.25, 0.3) is 0 Å². The van der Waals surface area contributed by atoms with Crippen molar-refractivity contribution in [1.82, 2.24) is 10.4 Å². The van der Waals surface area contributed by atoms with Crippen LogP contribution >= 0.6 is 0 Å². The Hall–Kier alpha value is -2.84. The standard InChI is InChI=1S/C15H21N3O6/c1-10(2)17(16-13(19)24-15(3,4)5)14(20)23-12-8-6-11(7-9-12)18(21)22/h6-10H,1-5H3,(H,16,19). The number of carbonyl (C=O) groups is 2. The number of non-ortho nitro benzene ring substituents is 1. The van der Waals surface area contributed by atoms with Crippen LogP contribution in [0.4, 0.5) is 15.3 Å². The smallest absolute Gasteiger partial charge is 0.434 e. The fourth-order valence-electron chi connectivity index (χ4n) is 1.57. The van der Waals surface area contributed by atoms with Gasteiger partial charge in [-0.15, -0.1) is 0 Å². The molecule has 0 atom stereocenters. The number of nitro groups is 1. The number of hydrogen-bond donors (Lipinski definition) is 1. The molecule has 1 aromatic rings. The Morgan fingerprint density at radius 2 is 1.75 bits per heavy atom. The number of nitrogens with one attached hydrogen (secondary N) is 1. The van der Waals surface area contributed by atoms with Gasteiger partial charge >= 0.3 is 12.2 Å². The predicted molar refractivity (Wildman–Crippen MR) is 85.5 cm³/mol. The van der Waals surface area contributed by atoms with Gasteiger partial charge in [0.2, 0.25) is 0 Å². The average molecular weight is 339 g/mol. The van der Waals surface area contributed by atoms with Crippen LogP contribution in [0, 0.1) is 10.1 Å². The molecular weight excluding hydrogens is 318 g/mol. The van der Waals surface area contributed by atoms with Crippen LogP contribution < -0.4 is 10.2 Å². The van der Waals surface area contributed by atoms with E-state index < -0.39 is 28.8 Å². The van der Waals surface area contributed by atoms with Crippen molar-refractivity contribution in [2.24, 2.45) is 0 Å². The second kappa shape index (κ2) is 7.62. The third-order valence-corrected chi connectivity index (χ3v) is 2.58. The first-order valence-electron chi connectivity index (χ1n) is 7.24. The molecule has 24 heavy (non-hydrogen) atoms. The van der Waals surface area contributed by atoms with Crippen molar-refractivity contribution >= 4 is 17.9 Å². The molecule has 0 spiro atoms. The molecule has 0 radical (unpaired) electrons. The zero-order chi connectivity index (χ0) is 18.5. The molecule has 0 aliphatic carbocycles. The van der Waals surface area contributed by atoms with Crippen LogP contribution in [-0.4, -0.2) is 33.8 Å². The van der Waals surface area contributed by atoms with Gasteiger partial charge in [-0.1, -0.05) is 0 Å². The maximum absolute atomic E-state index is 12.2. The highest BCUT2D eigenvalue weighted by atomic mass is 16.6. The first-order chi connectivity index (χ1) is 11.0. The highest BCUT2D eigenvalue weighted by molar-refractivity contribution is 5.76. The van der Waals surface area contributed by atoms with E-state index in [4.69, 9.17) is 9.47 Å². The number of rotatable bonds is 3. The lowest BCUT2D eigenvalue weighted by Crippen LogP contribution is -2.52. The van der Waals surface area contributed by atoms with Crippen molar-refractivity contribution in [2.75, 3.05) is 0 Å². The second-order valence-electron chi connectivity index (χ2n) is 6.20. The third-order valence-electron chi connectivity index (χ3n) is 2.58. The van der Waals surface area contributed by atoms with Crippen LogP contribution in [0.3, 0.4) is 0 Å². The minimum absolute atomic E-state index is 0.113. The van der Waals surface area contributed by atoms with E-state index in [1.807, 2.05) is 0 Å². The molecule has 9 heteroatoms. The summed E-state index contributed by atoms with van der Waals surface area (Å²) in [7, 11) is 0. The number of nitro benzene ring substituents is 1. The van der Waals surface area contributed by atoms with E-state index in [9.17, 15) is 19.7 Å². The molecule has 132 valence electrons. The molecule has 1 rings (SSSR count). The predicted octanol–water partition coefficient (Wildman–Crippen LogP) is 3.24. The van der Waals surface area contributed by atoms with Gasteiger partial charge in [-0.3, -0.25) is 10.1 Å². The van der Waals surface area contributed by atoms with Crippen LogP contribution in [0.5, 0.6) is 5.75 Å². The van der Waals surface area contributed by atoms with Gasteiger partial charge in [0, 0.05) is 12.1 Å². The SMILES string of the molecule is CC(C)N(NC(=O)OC(C)(C)C)C(=O)Oc1ccc([N+](=O)[O-])cc1. The van der Waals surface area contributed by atoms with Crippen molar-refractivity contribution in [2.45, 2.75) is 46.3 Å². The number of hydrazine groups is 1. The van der Waals surface area contributed by atoms with E-state index in [-0.39, 0.29) is 11.4 Å². The Bertz CT molecular complexity index is 607. The number of amides is 2. The monoisotopic (exact) mass is 339 g/mol. The van der Waals surface area contributed by atoms with Crippen LogP contribution in [0.15, 0.2) is 24.3 Å². The van der Waals surface area contributed by atoms with Crippen molar-refractivity contribution < 1.29 is 24.0 Å². The lowest BCUT2D eigenvalue weighted by Gasteiger charge is -2.28. The largest absolute Gasteiger partial charge is 0.443 e. The summed E-state index contributed by atoms with van der Waals surface area (Å²) in [5.74, 6) is 0.113. The van der Waals surface area contributed by atoms with E-state index in [0.717, 1.165) is 5.01 Å². The second-order valence-corrected chi connectivity index (χ2v) is 6.20. The van der Waals surface area contributed by atoms with Gasteiger partial charge in [-0.2, -0.15) is 0 Å². The van der Waals surface area contributed by atoms with E-state index >= 15 is 0 Å². The Morgan fingerprint density at radius 3 is 2.17 bits per heavy atom. The quantitative estimate of drug-likeness (QED) is 0.668. The molecule has 0 aliphatic heterocycles. The number of hydrogen-bond acceptors (Lipinski definition) is 6. The highest BCUT2D eigenvalue weighted by Crippen LogP contribution is 2.18. The summed E-state index contributed by atoms with van der Waals surface area (Å²) in [6, 6.07) is 4.61. The van der Waals surface area contributed by atoms with Crippen molar-refractivity contribution in [3.63, 3.8) is 0 Å². The van der Waals surface area contributed by atoms with Gasteiger partial charge in [0.1, 0.15) is 11.4 Å². The number of benzene rings is 1. The molecule has 1 N–H and O–H groups in total. The summed E-state index contributed by atoms with van der Waals surface area (Å²) >= 11 is 0. The average Bonchev–Trinajstić information content (AvgIpc) is 2.43. The van der Waals surface area contributed by atoms with Crippen molar-refractivity contribution in [1.29, 1.82) is 0 Å². The minimum Gasteiger partial charge on any atom is -0.443 e. The number of nitrogens with zero attached hydrogens (tertiary/aromatic N) is 2. The third kappa shape index (κ3) is 6.11. The summed E-state index contributed by atoms with van der Waals surface area (Å²) in [5.41, 5.74) is 1.48. The summed E-state index contributed by atoms with van der Waals surface area (Å²) in [6.07, 6.45) is -1.64. The topological polar surface area (TPSA) is 111 Å². The van der Waals surface area contributed by atoms with E-state index in [1.54, 1.807) is 34.6 Å². The molecular formula is C15H21N3O6. The molecule has 0 bridgehead atoms. The Balaban J connectivity index is 2.76. The molecule has 0 heterocycles. The first kappa shape index (κ1) is 19.2. The molecule has 0 aromatic heterocycles. The summed E-state index contributed by atoms with van der Waals surface area (Å²) in [5, 5.41) is 11.6. The summed E-state index contributed by atoms with van der Waals surface area (Å²) in [4.78, 5) is 34.0. The fraction of sp³-hybridized carbons (Fsp3) is 0.467. The van der Waals surface area contributed by atoms with Crippen molar-refractivity contribution in [3.05, 3.63) is 34.4 Å². The highest BCUT2D eigenvalue weighted by Gasteiger charge is 2.25. The van der Waals surface area contributed by atoms with Crippen LogP contribution in [-0.2, 0) is 4.74 Å². The first-order valence-corrected chi connectivity index (χ1v) is 7.24. The normalized spacial score (nSPS) is 10.9.